The van der Waals surface area contributed by atoms with E-state index in [9.17, 15) is 13.2 Å². The number of hydrogen-bond donors (Lipinski definition) is 2. The Hall–Kier alpha value is -2.91. The number of aromatic nitrogens is 1. The van der Waals surface area contributed by atoms with E-state index in [1.54, 1.807) is 24.3 Å². The minimum atomic E-state index is -3.85. The van der Waals surface area contributed by atoms with Gasteiger partial charge in [0.1, 0.15) is 5.75 Å². The maximum Gasteiger partial charge on any atom is 0.262 e. The van der Waals surface area contributed by atoms with Crippen molar-refractivity contribution in [2.45, 2.75) is 37.5 Å². The Morgan fingerprint density at radius 3 is 2.58 bits per heavy atom. The topological polar surface area (TPSA) is 97.4 Å². The van der Waals surface area contributed by atoms with E-state index in [2.05, 4.69) is 15.0 Å². The molecule has 3 aromatic rings. The summed E-state index contributed by atoms with van der Waals surface area (Å²) in [6, 6.07) is 9.85. The lowest BCUT2D eigenvalue weighted by molar-refractivity contribution is 0.102. The lowest BCUT2D eigenvalue weighted by atomic mass is 9.92. The molecule has 1 amide bonds. The highest BCUT2D eigenvalue weighted by molar-refractivity contribution is 7.92. The number of anilines is 2. The van der Waals surface area contributed by atoms with Crippen LogP contribution in [0.5, 0.6) is 5.75 Å². The van der Waals surface area contributed by atoms with E-state index in [1.807, 2.05) is 18.4 Å². The quantitative estimate of drug-likeness (QED) is 0.572. The number of thiazole rings is 1. The molecule has 1 aliphatic carbocycles. The van der Waals surface area contributed by atoms with Crippen molar-refractivity contribution in [1.82, 2.24) is 4.98 Å². The molecule has 162 valence electrons. The molecule has 2 aromatic carbocycles. The van der Waals surface area contributed by atoms with E-state index in [0.29, 0.717) is 10.9 Å². The maximum atomic E-state index is 13.1. The molecule has 9 heteroatoms. The molecule has 0 saturated carbocycles. The van der Waals surface area contributed by atoms with Crippen LogP contribution in [0.2, 0.25) is 0 Å². The van der Waals surface area contributed by atoms with Gasteiger partial charge in [-0.25, -0.2) is 13.4 Å². The molecule has 0 aliphatic heterocycles. The van der Waals surface area contributed by atoms with Crippen LogP contribution in [-0.2, 0) is 22.9 Å². The second-order valence-corrected chi connectivity index (χ2v) is 9.95. The zero-order valence-corrected chi connectivity index (χ0v) is 18.9. The lowest BCUT2D eigenvalue weighted by Crippen LogP contribution is -2.16. The Kier molecular flexibility index (Phi) is 5.97. The van der Waals surface area contributed by atoms with E-state index in [4.69, 9.17) is 4.74 Å². The third-order valence-corrected chi connectivity index (χ3v) is 7.41. The summed E-state index contributed by atoms with van der Waals surface area (Å²) in [6.45, 7) is 1.84. The molecule has 1 heterocycles. The van der Waals surface area contributed by atoms with Gasteiger partial charge in [0.15, 0.2) is 5.13 Å². The van der Waals surface area contributed by atoms with Crippen LogP contribution >= 0.6 is 11.3 Å². The Bertz CT molecular complexity index is 1240. The van der Waals surface area contributed by atoms with Gasteiger partial charge in [-0.1, -0.05) is 6.07 Å². The van der Waals surface area contributed by atoms with Crippen molar-refractivity contribution < 1.29 is 17.9 Å². The number of amides is 1. The summed E-state index contributed by atoms with van der Waals surface area (Å²) >= 11 is 1.32. The number of nitrogens with zero attached hydrogens (tertiary/aromatic N) is 1. The number of sulfonamides is 1. The first-order chi connectivity index (χ1) is 14.9. The Balaban J connectivity index is 1.60. The van der Waals surface area contributed by atoms with Crippen LogP contribution in [0.1, 0.15) is 40.0 Å². The standard InChI is InChI=1S/C22H23N3O4S2/c1-14-13-30-22(23-14)24-21(26)17-8-10-20(29-2)19(12-17)25-31(27,28)18-9-7-15-5-3-4-6-16(15)11-18/h7-13,25H,3-6H2,1-2H3,(H,23,24,26). The largest absolute Gasteiger partial charge is 0.495 e. The molecule has 0 fully saturated rings. The molecule has 1 aliphatic rings. The Morgan fingerprint density at radius 1 is 1.10 bits per heavy atom. The summed E-state index contributed by atoms with van der Waals surface area (Å²) in [5, 5.41) is 5.04. The molecule has 31 heavy (non-hydrogen) atoms. The molecule has 1 aromatic heterocycles. The van der Waals surface area contributed by atoms with Gasteiger partial charge in [-0.2, -0.15) is 0 Å². The van der Waals surface area contributed by atoms with Gasteiger partial charge in [-0.15, -0.1) is 11.3 Å². The lowest BCUT2D eigenvalue weighted by Gasteiger charge is -2.18. The molecule has 7 nitrogen and oxygen atoms in total. The zero-order chi connectivity index (χ0) is 22.0. The molecule has 0 atom stereocenters. The van der Waals surface area contributed by atoms with Crippen molar-refractivity contribution in [2.75, 3.05) is 17.1 Å². The highest BCUT2D eigenvalue weighted by Crippen LogP contribution is 2.30. The Labute approximate surface area is 185 Å². The summed E-state index contributed by atoms with van der Waals surface area (Å²) in [5.74, 6) is -0.0607. The van der Waals surface area contributed by atoms with Crippen LogP contribution in [0, 0.1) is 6.92 Å². The number of benzene rings is 2. The molecule has 0 radical (unpaired) electrons. The second-order valence-electron chi connectivity index (χ2n) is 7.41. The number of ether oxygens (including phenoxy) is 1. The number of methoxy groups -OCH3 is 1. The van der Waals surface area contributed by atoms with Gasteiger partial charge in [0.25, 0.3) is 15.9 Å². The van der Waals surface area contributed by atoms with E-state index < -0.39 is 10.0 Å². The molecular formula is C22H23N3O4S2. The fourth-order valence-electron chi connectivity index (χ4n) is 3.59. The van der Waals surface area contributed by atoms with E-state index in [-0.39, 0.29) is 22.1 Å². The van der Waals surface area contributed by atoms with Crippen LogP contribution in [0.25, 0.3) is 0 Å². The monoisotopic (exact) mass is 457 g/mol. The van der Waals surface area contributed by atoms with Crippen LogP contribution in [0.15, 0.2) is 46.7 Å². The van der Waals surface area contributed by atoms with Crippen molar-refractivity contribution in [3.8, 4) is 5.75 Å². The number of nitrogens with one attached hydrogen (secondary N) is 2. The number of rotatable bonds is 6. The highest BCUT2D eigenvalue weighted by Gasteiger charge is 2.21. The van der Waals surface area contributed by atoms with Crippen molar-refractivity contribution in [1.29, 1.82) is 0 Å². The summed E-state index contributed by atoms with van der Waals surface area (Å²) in [5.41, 5.74) is 3.58. The maximum absolute atomic E-state index is 13.1. The minimum absolute atomic E-state index is 0.197. The van der Waals surface area contributed by atoms with Gasteiger partial charge < -0.3 is 4.74 Å². The second kappa shape index (κ2) is 8.68. The van der Waals surface area contributed by atoms with Gasteiger partial charge >= 0.3 is 0 Å². The summed E-state index contributed by atoms with van der Waals surface area (Å²) in [7, 11) is -2.40. The SMILES string of the molecule is COc1ccc(C(=O)Nc2nc(C)cs2)cc1NS(=O)(=O)c1ccc2c(c1)CCCC2. The van der Waals surface area contributed by atoms with Gasteiger partial charge in [0.2, 0.25) is 0 Å². The Morgan fingerprint density at radius 2 is 1.87 bits per heavy atom. The van der Waals surface area contributed by atoms with Crippen molar-refractivity contribution in [2.24, 2.45) is 0 Å². The molecule has 4 rings (SSSR count). The fraction of sp³-hybridized carbons (Fsp3) is 0.273. The van der Waals surface area contributed by atoms with Gasteiger partial charge in [-0.05, 0) is 74.1 Å². The molecule has 0 unspecified atom stereocenters. The number of aryl methyl sites for hydroxylation is 3. The average molecular weight is 458 g/mol. The smallest absolute Gasteiger partial charge is 0.262 e. The predicted molar refractivity (Wildman–Crippen MR) is 122 cm³/mol. The first-order valence-corrected chi connectivity index (χ1v) is 12.3. The normalized spacial score (nSPS) is 13.4. The van der Waals surface area contributed by atoms with Crippen LogP contribution in [-0.4, -0.2) is 26.4 Å². The van der Waals surface area contributed by atoms with Crippen molar-refractivity contribution in [3.63, 3.8) is 0 Å². The number of carbonyl (C=O) groups is 1. The fourth-order valence-corrected chi connectivity index (χ4v) is 5.38. The third kappa shape index (κ3) is 4.72. The van der Waals surface area contributed by atoms with Gasteiger partial charge in [0.05, 0.1) is 23.4 Å². The number of carbonyl (C=O) groups excluding carboxylic acids is 1. The molecule has 2 N–H and O–H groups in total. The number of fused-ring (bicyclic) bond motifs is 1. The zero-order valence-electron chi connectivity index (χ0n) is 17.3. The third-order valence-electron chi connectivity index (χ3n) is 5.18. The van der Waals surface area contributed by atoms with Gasteiger partial charge in [-0.3, -0.25) is 14.8 Å². The first kappa shape index (κ1) is 21.3. The van der Waals surface area contributed by atoms with E-state index in [1.165, 1.54) is 30.1 Å². The first-order valence-electron chi connectivity index (χ1n) is 9.92. The average Bonchev–Trinajstić information content (AvgIpc) is 3.17. The van der Waals surface area contributed by atoms with Crippen LogP contribution in [0.3, 0.4) is 0 Å². The van der Waals surface area contributed by atoms with Crippen LogP contribution in [0.4, 0.5) is 10.8 Å². The van der Waals surface area contributed by atoms with Crippen LogP contribution < -0.4 is 14.8 Å². The van der Waals surface area contributed by atoms with Gasteiger partial charge in [0, 0.05) is 10.9 Å². The molecule has 0 spiro atoms. The highest BCUT2D eigenvalue weighted by atomic mass is 32.2. The molecule has 0 saturated heterocycles. The minimum Gasteiger partial charge on any atom is -0.495 e. The summed E-state index contributed by atoms with van der Waals surface area (Å²) in [6.07, 6.45) is 4.05. The number of hydrogen-bond acceptors (Lipinski definition) is 6. The molecular weight excluding hydrogens is 434 g/mol. The van der Waals surface area contributed by atoms with Crippen molar-refractivity contribution >= 4 is 38.1 Å². The predicted octanol–water partition coefficient (Wildman–Crippen LogP) is 4.39. The summed E-state index contributed by atoms with van der Waals surface area (Å²) < 4.78 is 34.0. The van der Waals surface area contributed by atoms with E-state index in [0.717, 1.165) is 36.9 Å². The van der Waals surface area contributed by atoms with E-state index >= 15 is 0 Å². The van der Waals surface area contributed by atoms with Crippen molar-refractivity contribution in [3.05, 3.63) is 64.2 Å². The molecule has 0 bridgehead atoms. The summed E-state index contributed by atoms with van der Waals surface area (Å²) in [4.78, 5) is 17.0.